The van der Waals surface area contributed by atoms with Crippen LogP contribution >= 0.6 is 0 Å². The van der Waals surface area contributed by atoms with Gasteiger partial charge in [0.2, 0.25) is 5.89 Å². The van der Waals surface area contributed by atoms with Crippen molar-refractivity contribution in [2.45, 2.75) is 44.8 Å². The summed E-state index contributed by atoms with van der Waals surface area (Å²) in [6.07, 6.45) is -1.25. The molecule has 7 nitrogen and oxygen atoms in total. The van der Waals surface area contributed by atoms with Crippen LogP contribution in [0.3, 0.4) is 0 Å². The van der Waals surface area contributed by atoms with E-state index in [4.69, 9.17) is 13.9 Å². The third-order valence-electron chi connectivity index (χ3n) is 5.88. The van der Waals surface area contributed by atoms with E-state index in [0.717, 1.165) is 30.5 Å². The quantitative estimate of drug-likeness (QED) is 0.428. The lowest BCUT2D eigenvalue weighted by atomic mass is 10.1. The topological polar surface area (TPSA) is 76.8 Å². The number of rotatable bonds is 10. The molecule has 2 heterocycles. The molecule has 3 aromatic rings. The SMILES string of the molecule is COc1ccc(CN(Cc2cccc(C(F)(F)F)c2)Cc2nc(C(=O)NCC3CCCO3)co2)cc1. The summed E-state index contributed by atoms with van der Waals surface area (Å²) in [6.45, 7) is 1.94. The number of hydrogen-bond acceptors (Lipinski definition) is 6. The smallest absolute Gasteiger partial charge is 0.416 e. The highest BCUT2D eigenvalue weighted by atomic mass is 19.4. The second kappa shape index (κ2) is 11.6. The number of benzene rings is 2. The molecule has 0 spiro atoms. The molecule has 1 N–H and O–H groups in total. The molecule has 1 saturated heterocycles. The molecule has 1 aliphatic rings. The first-order valence-electron chi connectivity index (χ1n) is 11.7. The van der Waals surface area contributed by atoms with Crippen LogP contribution in [0.25, 0.3) is 0 Å². The Labute approximate surface area is 207 Å². The number of aromatic nitrogens is 1. The molecule has 1 amide bonds. The van der Waals surface area contributed by atoms with Crippen LogP contribution in [-0.4, -0.2) is 42.2 Å². The maximum absolute atomic E-state index is 13.2. The number of ether oxygens (including phenoxy) is 2. The van der Waals surface area contributed by atoms with Gasteiger partial charge in [0.1, 0.15) is 12.0 Å². The van der Waals surface area contributed by atoms with Crippen molar-refractivity contribution in [1.82, 2.24) is 15.2 Å². The summed E-state index contributed by atoms with van der Waals surface area (Å²) in [4.78, 5) is 18.7. The average molecular weight is 504 g/mol. The Morgan fingerprint density at radius 3 is 2.61 bits per heavy atom. The summed E-state index contributed by atoms with van der Waals surface area (Å²) in [5, 5.41) is 2.80. The van der Waals surface area contributed by atoms with Crippen molar-refractivity contribution >= 4 is 5.91 Å². The Morgan fingerprint density at radius 1 is 1.14 bits per heavy atom. The third kappa shape index (κ3) is 7.08. The predicted molar refractivity (Wildman–Crippen MR) is 125 cm³/mol. The summed E-state index contributed by atoms with van der Waals surface area (Å²) in [5.41, 5.74) is 0.875. The van der Waals surface area contributed by atoms with E-state index in [-0.39, 0.29) is 36.7 Å². The lowest BCUT2D eigenvalue weighted by molar-refractivity contribution is -0.137. The number of oxazole rings is 1. The van der Waals surface area contributed by atoms with Gasteiger partial charge in [0.25, 0.3) is 5.91 Å². The van der Waals surface area contributed by atoms with Gasteiger partial charge in [-0.05, 0) is 42.2 Å². The number of alkyl halides is 3. The zero-order chi connectivity index (χ0) is 25.5. The molecule has 0 bridgehead atoms. The zero-order valence-electron chi connectivity index (χ0n) is 19.9. The summed E-state index contributed by atoms with van der Waals surface area (Å²) in [6, 6.07) is 12.6. The molecule has 1 fully saturated rings. The second-order valence-electron chi connectivity index (χ2n) is 8.66. The second-order valence-corrected chi connectivity index (χ2v) is 8.66. The summed E-state index contributed by atoms with van der Waals surface area (Å²) in [5.74, 6) is 0.632. The molecule has 2 aromatic carbocycles. The molecule has 1 atom stereocenters. The number of nitrogens with one attached hydrogen (secondary N) is 1. The van der Waals surface area contributed by atoms with Crippen LogP contribution in [0, 0.1) is 0 Å². The highest BCUT2D eigenvalue weighted by Crippen LogP contribution is 2.30. The largest absolute Gasteiger partial charge is 0.497 e. The van der Waals surface area contributed by atoms with E-state index in [2.05, 4.69) is 10.3 Å². The van der Waals surface area contributed by atoms with E-state index in [9.17, 15) is 18.0 Å². The van der Waals surface area contributed by atoms with Gasteiger partial charge in [-0.15, -0.1) is 0 Å². The van der Waals surface area contributed by atoms with Crippen LogP contribution in [0.5, 0.6) is 5.75 Å². The van der Waals surface area contributed by atoms with E-state index in [0.29, 0.717) is 31.0 Å². The average Bonchev–Trinajstić information content (AvgIpc) is 3.55. The van der Waals surface area contributed by atoms with Gasteiger partial charge < -0.3 is 19.2 Å². The molecule has 192 valence electrons. The molecule has 1 unspecified atom stereocenters. The highest BCUT2D eigenvalue weighted by Gasteiger charge is 2.30. The molecular weight excluding hydrogens is 475 g/mol. The third-order valence-corrected chi connectivity index (χ3v) is 5.88. The minimum Gasteiger partial charge on any atom is -0.497 e. The van der Waals surface area contributed by atoms with Crippen LogP contribution in [0.15, 0.2) is 59.2 Å². The number of carbonyl (C=O) groups excluding carboxylic acids is 1. The van der Waals surface area contributed by atoms with E-state index in [1.807, 2.05) is 29.2 Å². The maximum atomic E-state index is 13.2. The fraction of sp³-hybridized carbons (Fsp3) is 0.385. The fourth-order valence-electron chi connectivity index (χ4n) is 4.04. The maximum Gasteiger partial charge on any atom is 0.416 e. The molecular formula is C26H28F3N3O4. The highest BCUT2D eigenvalue weighted by molar-refractivity contribution is 5.91. The van der Waals surface area contributed by atoms with Gasteiger partial charge in [-0.1, -0.05) is 30.3 Å². The van der Waals surface area contributed by atoms with E-state index in [1.54, 1.807) is 13.2 Å². The molecule has 1 aliphatic heterocycles. The first kappa shape index (κ1) is 25.7. The molecule has 36 heavy (non-hydrogen) atoms. The number of hydrogen-bond donors (Lipinski definition) is 1. The van der Waals surface area contributed by atoms with Crippen LogP contribution < -0.4 is 10.1 Å². The van der Waals surface area contributed by atoms with Gasteiger partial charge in [0.05, 0.1) is 25.3 Å². The zero-order valence-corrected chi connectivity index (χ0v) is 19.9. The first-order valence-corrected chi connectivity index (χ1v) is 11.7. The number of nitrogens with zero attached hydrogens (tertiary/aromatic N) is 2. The molecule has 4 rings (SSSR count). The van der Waals surface area contributed by atoms with Crippen LogP contribution in [0.2, 0.25) is 0 Å². The fourth-order valence-corrected chi connectivity index (χ4v) is 4.04. The minimum atomic E-state index is -4.43. The van der Waals surface area contributed by atoms with Gasteiger partial charge >= 0.3 is 6.18 Å². The number of carbonyl (C=O) groups is 1. The van der Waals surface area contributed by atoms with Crippen LogP contribution in [0.4, 0.5) is 13.2 Å². The predicted octanol–water partition coefficient (Wildman–Crippen LogP) is 4.81. The summed E-state index contributed by atoms with van der Waals surface area (Å²) < 4.78 is 55.9. The van der Waals surface area contributed by atoms with Crippen molar-refractivity contribution in [1.29, 1.82) is 0 Å². The Kier molecular flexibility index (Phi) is 8.27. The van der Waals surface area contributed by atoms with Gasteiger partial charge in [-0.2, -0.15) is 13.2 Å². The summed E-state index contributed by atoms with van der Waals surface area (Å²) in [7, 11) is 1.58. The van der Waals surface area contributed by atoms with E-state index in [1.165, 1.54) is 12.3 Å². The molecule has 0 aliphatic carbocycles. The van der Waals surface area contributed by atoms with Crippen molar-refractivity contribution in [2.75, 3.05) is 20.3 Å². The Bertz CT molecular complexity index is 1140. The normalized spacial score (nSPS) is 15.9. The Morgan fingerprint density at radius 2 is 1.92 bits per heavy atom. The molecule has 0 radical (unpaired) electrons. The Hall–Kier alpha value is -3.37. The Balaban J connectivity index is 1.47. The van der Waals surface area contributed by atoms with E-state index >= 15 is 0 Å². The number of halogens is 3. The van der Waals surface area contributed by atoms with Gasteiger partial charge in [0, 0.05) is 26.2 Å². The van der Waals surface area contributed by atoms with Crippen molar-refractivity contribution in [2.24, 2.45) is 0 Å². The lowest BCUT2D eigenvalue weighted by Gasteiger charge is -2.22. The van der Waals surface area contributed by atoms with Gasteiger partial charge in [-0.3, -0.25) is 9.69 Å². The van der Waals surface area contributed by atoms with Crippen LogP contribution in [-0.2, 0) is 30.5 Å². The molecule has 10 heteroatoms. The van der Waals surface area contributed by atoms with Gasteiger partial charge in [-0.25, -0.2) is 4.98 Å². The molecule has 1 aromatic heterocycles. The van der Waals surface area contributed by atoms with Crippen molar-refractivity contribution in [3.8, 4) is 5.75 Å². The van der Waals surface area contributed by atoms with Gasteiger partial charge in [0.15, 0.2) is 5.69 Å². The van der Waals surface area contributed by atoms with E-state index < -0.39 is 11.7 Å². The first-order chi connectivity index (χ1) is 17.3. The number of amides is 1. The van der Waals surface area contributed by atoms with Crippen molar-refractivity contribution in [3.63, 3.8) is 0 Å². The van der Waals surface area contributed by atoms with Crippen molar-refractivity contribution in [3.05, 3.63) is 83.1 Å². The standard InChI is InChI=1S/C26H28F3N3O4/c1-34-21-9-7-18(8-10-21)14-32(15-19-4-2-5-20(12-19)26(27,28)29)16-24-31-23(17-36-24)25(33)30-13-22-6-3-11-35-22/h2,4-5,7-10,12,17,22H,3,6,11,13-16H2,1H3,(H,30,33). The summed E-state index contributed by atoms with van der Waals surface area (Å²) >= 11 is 0. The molecule has 0 saturated carbocycles. The monoisotopic (exact) mass is 503 g/mol. The lowest BCUT2D eigenvalue weighted by Crippen LogP contribution is -2.32. The minimum absolute atomic E-state index is 0.00720. The van der Waals surface area contributed by atoms with Crippen LogP contribution in [0.1, 0.15) is 45.9 Å². The van der Waals surface area contributed by atoms with Crippen molar-refractivity contribution < 1.29 is 31.9 Å². The number of methoxy groups -OCH3 is 1.